The van der Waals surface area contributed by atoms with E-state index in [0.717, 1.165) is 26.2 Å². The summed E-state index contributed by atoms with van der Waals surface area (Å²) in [5.74, 6) is 0. The van der Waals surface area contributed by atoms with E-state index in [0.29, 0.717) is 0 Å². The molecule has 120 valence electrons. The van der Waals surface area contributed by atoms with Gasteiger partial charge in [-0.2, -0.15) is 0 Å². The Hall–Kier alpha value is -0.610. The zero-order valence-electron chi connectivity index (χ0n) is 13.6. The molecule has 0 aromatic heterocycles. The quantitative estimate of drug-likeness (QED) is 0.897. The standard InChI is InChI=1S/C17H28N2O.ClH/c1-13-6-5-7-15(14(13)2)16(17(3,4)12-20)19-10-8-18-9-11-19;/h5-7,16,18,20H,8-12H2,1-4H3;1H/t16-;/m1./s1. The van der Waals surface area contributed by atoms with Crippen LogP contribution in [0.5, 0.6) is 0 Å². The number of nitrogens with one attached hydrogen (secondary N) is 1. The van der Waals surface area contributed by atoms with Crippen LogP contribution >= 0.6 is 12.4 Å². The van der Waals surface area contributed by atoms with E-state index in [1.807, 2.05) is 0 Å². The van der Waals surface area contributed by atoms with Crippen molar-refractivity contribution < 1.29 is 5.11 Å². The molecule has 1 saturated heterocycles. The molecule has 4 heteroatoms. The van der Waals surface area contributed by atoms with Crippen LogP contribution in [-0.4, -0.2) is 42.8 Å². The molecule has 1 aromatic rings. The van der Waals surface area contributed by atoms with Crippen molar-refractivity contribution in [1.82, 2.24) is 10.2 Å². The molecule has 21 heavy (non-hydrogen) atoms. The second kappa shape index (κ2) is 7.59. The van der Waals surface area contributed by atoms with Gasteiger partial charge >= 0.3 is 0 Å². The lowest BCUT2D eigenvalue weighted by molar-refractivity contribution is 0.0302. The molecule has 0 spiro atoms. The van der Waals surface area contributed by atoms with E-state index in [2.05, 4.69) is 56.1 Å². The molecule has 0 bridgehead atoms. The van der Waals surface area contributed by atoms with Crippen molar-refractivity contribution in [3.63, 3.8) is 0 Å². The Morgan fingerprint density at radius 1 is 1.24 bits per heavy atom. The van der Waals surface area contributed by atoms with E-state index in [1.165, 1.54) is 16.7 Å². The molecule has 0 saturated carbocycles. The molecular weight excluding hydrogens is 284 g/mol. The van der Waals surface area contributed by atoms with Gasteiger partial charge in [-0.05, 0) is 30.5 Å². The Morgan fingerprint density at radius 2 is 1.86 bits per heavy atom. The maximum absolute atomic E-state index is 9.87. The van der Waals surface area contributed by atoms with Crippen LogP contribution in [0.1, 0.15) is 36.6 Å². The Bertz CT molecular complexity index is 456. The summed E-state index contributed by atoms with van der Waals surface area (Å²) in [7, 11) is 0. The van der Waals surface area contributed by atoms with Crippen molar-refractivity contribution >= 4 is 12.4 Å². The fraction of sp³-hybridized carbons (Fsp3) is 0.647. The SMILES string of the molecule is Cc1cccc([C@@H](N2CCNCC2)C(C)(C)CO)c1C.Cl. The third-order valence-corrected chi connectivity index (χ3v) is 4.61. The molecule has 0 amide bonds. The van der Waals surface area contributed by atoms with Gasteiger partial charge in [-0.1, -0.05) is 32.0 Å². The third-order valence-electron chi connectivity index (χ3n) is 4.61. The summed E-state index contributed by atoms with van der Waals surface area (Å²) in [5.41, 5.74) is 3.91. The molecule has 2 N–H and O–H groups in total. The highest BCUT2D eigenvalue weighted by Gasteiger charge is 2.36. The molecule has 0 unspecified atom stereocenters. The number of piperazine rings is 1. The predicted molar refractivity (Wildman–Crippen MR) is 91.2 cm³/mol. The first-order valence-electron chi connectivity index (χ1n) is 7.59. The predicted octanol–water partition coefficient (Wildman–Crippen LogP) is 2.69. The molecule has 1 aliphatic heterocycles. The summed E-state index contributed by atoms with van der Waals surface area (Å²) >= 11 is 0. The minimum atomic E-state index is -0.143. The van der Waals surface area contributed by atoms with E-state index in [-0.39, 0.29) is 30.5 Å². The fourth-order valence-corrected chi connectivity index (χ4v) is 3.21. The van der Waals surface area contributed by atoms with Crippen LogP contribution in [0.15, 0.2) is 18.2 Å². The second-order valence-electron chi connectivity index (χ2n) is 6.62. The highest BCUT2D eigenvalue weighted by atomic mass is 35.5. The number of benzene rings is 1. The number of aliphatic hydroxyl groups excluding tert-OH is 1. The molecule has 1 atom stereocenters. The van der Waals surface area contributed by atoms with Gasteiger partial charge in [0.25, 0.3) is 0 Å². The van der Waals surface area contributed by atoms with Crippen LogP contribution in [0.25, 0.3) is 0 Å². The van der Waals surface area contributed by atoms with Crippen LogP contribution in [0.2, 0.25) is 0 Å². The monoisotopic (exact) mass is 312 g/mol. The third kappa shape index (κ3) is 3.98. The number of nitrogens with zero attached hydrogens (tertiary/aromatic N) is 1. The van der Waals surface area contributed by atoms with Gasteiger partial charge < -0.3 is 10.4 Å². The van der Waals surface area contributed by atoms with Crippen LogP contribution in [0.3, 0.4) is 0 Å². The van der Waals surface area contributed by atoms with E-state index in [9.17, 15) is 5.11 Å². The van der Waals surface area contributed by atoms with Crippen molar-refractivity contribution in [2.45, 2.75) is 33.7 Å². The zero-order valence-corrected chi connectivity index (χ0v) is 14.5. The summed E-state index contributed by atoms with van der Waals surface area (Å²) in [4.78, 5) is 2.52. The number of hydrogen-bond donors (Lipinski definition) is 2. The highest BCUT2D eigenvalue weighted by Crippen LogP contribution is 2.40. The zero-order chi connectivity index (χ0) is 14.8. The van der Waals surface area contributed by atoms with E-state index in [1.54, 1.807) is 0 Å². The first-order valence-corrected chi connectivity index (χ1v) is 7.59. The van der Waals surface area contributed by atoms with Crippen LogP contribution in [-0.2, 0) is 0 Å². The summed E-state index contributed by atoms with van der Waals surface area (Å²) in [6.45, 7) is 13.1. The smallest absolute Gasteiger partial charge is 0.0500 e. The first kappa shape index (κ1) is 18.4. The molecule has 2 rings (SSSR count). The maximum Gasteiger partial charge on any atom is 0.0500 e. The molecule has 3 nitrogen and oxygen atoms in total. The van der Waals surface area contributed by atoms with Gasteiger partial charge in [0.05, 0.1) is 0 Å². The number of rotatable bonds is 4. The molecular formula is C17H29ClN2O. The lowest BCUT2D eigenvalue weighted by Crippen LogP contribution is -2.49. The van der Waals surface area contributed by atoms with Gasteiger partial charge in [-0.25, -0.2) is 0 Å². The topological polar surface area (TPSA) is 35.5 Å². The average Bonchev–Trinajstić information content (AvgIpc) is 2.45. The number of hydrogen-bond acceptors (Lipinski definition) is 3. The normalized spacial score (nSPS) is 18.1. The Balaban J connectivity index is 0.00000220. The maximum atomic E-state index is 9.87. The van der Waals surface area contributed by atoms with E-state index < -0.39 is 0 Å². The Kier molecular flexibility index (Phi) is 6.67. The lowest BCUT2D eigenvalue weighted by atomic mass is 9.78. The summed E-state index contributed by atoms with van der Waals surface area (Å²) in [6, 6.07) is 6.81. The molecule has 0 radical (unpaired) electrons. The van der Waals surface area contributed by atoms with Crippen LogP contribution in [0, 0.1) is 19.3 Å². The summed E-state index contributed by atoms with van der Waals surface area (Å²) in [5, 5.41) is 13.3. The van der Waals surface area contributed by atoms with Gasteiger partial charge in [0.15, 0.2) is 0 Å². The number of halogens is 1. The lowest BCUT2D eigenvalue weighted by Gasteiger charge is -2.44. The van der Waals surface area contributed by atoms with Gasteiger partial charge in [-0.3, -0.25) is 4.90 Å². The second-order valence-corrected chi connectivity index (χ2v) is 6.62. The first-order chi connectivity index (χ1) is 9.47. The van der Waals surface area contributed by atoms with Crippen molar-refractivity contribution in [1.29, 1.82) is 0 Å². The molecule has 1 heterocycles. The largest absolute Gasteiger partial charge is 0.396 e. The molecule has 1 aromatic carbocycles. The van der Waals surface area contributed by atoms with Crippen molar-refractivity contribution in [2.24, 2.45) is 5.41 Å². The summed E-state index contributed by atoms with van der Waals surface area (Å²) < 4.78 is 0. The summed E-state index contributed by atoms with van der Waals surface area (Å²) in [6.07, 6.45) is 0. The average molecular weight is 313 g/mol. The van der Waals surface area contributed by atoms with Gasteiger partial charge in [-0.15, -0.1) is 12.4 Å². The van der Waals surface area contributed by atoms with Crippen LogP contribution < -0.4 is 5.32 Å². The van der Waals surface area contributed by atoms with Crippen molar-refractivity contribution in [3.05, 3.63) is 34.9 Å². The molecule has 0 aliphatic carbocycles. The van der Waals surface area contributed by atoms with Gasteiger partial charge in [0.2, 0.25) is 0 Å². The van der Waals surface area contributed by atoms with Crippen LogP contribution in [0.4, 0.5) is 0 Å². The van der Waals surface area contributed by atoms with Gasteiger partial charge in [0.1, 0.15) is 0 Å². The Morgan fingerprint density at radius 3 is 2.43 bits per heavy atom. The number of aryl methyl sites for hydroxylation is 1. The molecule has 1 fully saturated rings. The van der Waals surface area contributed by atoms with Crippen molar-refractivity contribution in [3.8, 4) is 0 Å². The Labute approximate surface area is 135 Å². The van der Waals surface area contributed by atoms with Crippen molar-refractivity contribution in [2.75, 3.05) is 32.8 Å². The molecule has 1 aliphatic rings. The minimum Gasteiger partial charge on any atom is -0.396 e. The van der Waals surface area contributed by atoms with E-state index in [4.69, 9.17) is 0 Å². The fourth-order valence-electron chi connectivity index (χ4n) is 3.21. The van der Waals surface area contributed by atoms with Gasteiger partial charge in [0, 0.05) is 44.2 Å². The van der Waals surface area contributed by atoms with E-state index >= 15 is 0 Å². The minimum absolute atomic E-state index is 0. The number of aliphatic hydroxyl groups is 1. The highest BCUT2D eigenvalue weighted by molar-refractivity contribution is 5.85.